The van der Waals surface area contributed by atoms with Crippen LogP contribution in [-0.2, 0) is 24.8 Å². The van der Waals surface area contributed by atoms with Crippen LogP contribution in [0, 0.1) is 5.41 Å². The van der Waals surface area contributed by atoms with Gasteiger partial charge in [0.05, 0.1) is 12.0 Å². The zero-order chi connectivity index (χ0) is 14.7. The monoisotopic (exact) mass is 284 g/mol. The first-order chi connectivity index (χ1) is 10.2. The molecule has 1 N–H and O–H groups in total. The number of nitrogens with zero attached hydrogens (tertiary/aromatic N) is 3. The van der Waals surface area contributed by atoms with E-state index in [0.29, 0.717) is 6.54 Å². The first kappa shape index (κ1) is 13.8. The van der Waals surface area contributed by atoms with E-state index in [4.69, 9.17) is 0 Å². The van der Waals surface area contributed by atoms with Gasteiger partial charge in [-0.1, -0.05) is 36.8 Å². The zero-order valence-electron chi connectivity index (χ0n) is 12.2. The summed E-state index contributed by atoms with van der Waals surface area (Å²) < 4.78 is 1.82. The Balaban J connectivity index is 1.65. The zero-order valence-corrected chi connectivity index (χ0v) is 12.2. The quantitative estimate of drug-likeness (QED) is 0.911. The lowest BCUT2D eigenvalue weighted by atomic mass is 9.64. The van der Waals surface area contributed by atoms with Crippen molar-refractivity contribution in [3.05, 3.63) is 48.0 Å². The van der Waals surface area contributed by atoms with Crippen LogP contribution < -0.4 is 5.32 Å². The van der Waals surface area contributed by atoms with Crippen molar-refractivity contribution in [1.29, 1.82) is 0 Å². The Kier molecular flexibility index (Phi) is 3.73. The lowest BCUT2D eigenvalue weighted by Gasteiger charge is -2.40. The van der Waals surface area contributed by atoms with Gasteiger partial charge in [0.2, 0.25) is 5.91 Å². The summed E-state index contributed by atoms with van der Waals surface area (Å²) in [5.41, 5.74) is 0.992. The summed E-state index contributed by atoms with van der Waals surface area (Å²) >= 11 is 0. The van der Waals surface area contributed by atoms with E-state index in [1.54, 1.807) is 6.33 Å². The normalized spacial score (nSPS) is 16.2. The molecule has 0 radical (unpaired) electrons. The molecule has 1 heterocycles. The van der Waals surface area contributed by atoms with Gasteiger partial charge in [-0.2, -0.15) is 0 Å². The molecule has 0 atom stereocenters. The fraction of sp³-hybridized carbons (Fsp3) is 0.438. The van der Waals surface area contributed by atoms with Crippen molar-refractivity contribution < 1.29 is 4.79 Å². The predicted molar refractivity (Wildman–Crippen MR) is 79.3 cm³/mol. The molecule has 0 spiro atoms. The fourth-order valence-corrected chi connectivity index (χ4v) is 2.89. The summed E-state index contributed by atoms with van der Waals surface area (Å²) in [5, 5.41) is 10.8. The number of aromatic nitrogens is 3. The first-order valence-corrected chi connectivity index (χ1v) is 7.35. The highest BCUT2D eigenvalue weighted by Gasteiger charge is 2.43. The van der Waals surface area contributed by atoms with Crippen molar-refractivity contribution in [2.45, 2.75) is 32.2 Å². The topological polar surface area (TPSA) is 59.8 Å². The van der Waals surface area contributed by atoms with Crippen molar-refractivity contribution in [2.24, 2.45) is 12.5 Å². The second-order valence-electron chi connectivity index (χ2n) is 5.84. The average Bonchev–Trinajstić information content (AvgIpc) is 2.87. The van der Waals surface area contributed by atoms with Crippen molar-refractivity contribution >= 4 is 5.91 Å². The molecule has 0 saturated heterocycles. The molecule has 1 aromatic heterocycles. The molecule has 1 saturated carbocycles. The summed E-state index contributed by atoms with van der Waals surface area (Å²) in [5.74, 6) is 0.915. The number of rotatable bonds is 5. The molecule has 1 aliphatic rings. The molecule has 0 bridgehead atoms. The van der Waals surface area contributed by atoms with Gasteiger partial charge in [-0.25, -0.2) is 0 Å². The van der Waals surface area contributed by atoms with Crippen LogP contribution in [0.15, 0.2) is 36.7 Å². The van der Waals surface area contributed by atoms with E-state index in [1.807, 2.05) is 29.8 Å². The third-order valence-corrected chi connectivity index (χ3v) is 4.39. The fourth-order valence-electron chi connectivity index (χ4n) is 2.89. The minimum Gasteiger partial charge on any atom is -0.348 e. The van der Waals surface area contributed by atoms with Gasteiger partial charge in [-0.3, -0.25) is 4.79 Å². The van der Waals surface area contributed by atoms with Gasteiger partial charge in [-0.05, 0) is 24.8 Å². The van der Waals surface area contributed by atoms with Gasteiger partial charge in [0, 0.05) is 7.05 Å². The number of benzene rings is 1. The van der Waals surface area contributed by atoms with Crippen molar-refractivity contribution in [3.63, 3.8) is 0 Å². The molecule has 2 aromatic rings. The third-order valence-electron chi connectivity index (χ3n) is 4.39. The second-order valence-corrected chi connectivity index (χ2v) is 5.84. The molecule has 110 valence electrons. The molecule has 3 rings (SSSR count). The van der Waals surface area contributed by atoms with E-state index in [2.05, 4.69) is 27.6 Å². The van der Waals surface area contributed by atoms with Gasteiger partial charge < -0.3 is 9.88 Å². The van der Waals surface area contributed by atoms with Crippen LogP contribution in [0.2, 0.25) is 0 Å². The first-order valence-electron chi connectivity index (χ1n) is 7.35. The van der Waals surface area contributed by atoms with Gasteiger partial charge in [0.1, 0.15) is 6.33 Å². The van der Waals surface area contributed by atoms with E-state index >= 15 is 0 Å². The van der Waals surface area contributed by atoms with Crippen LogP contribution in [0.4, 0.5) is 0 Å². The van der Waals surface area contributed by atoms with Crippen molar-refractivity contribution in [3.8, 4) is 0 Å². The standard InChI is InChI=1S/C16H20N4O/c1-20-12-18-19-14(20)11-17-15(21)16(8-5-9-16)10-13-6-3-2-4-7-13/h2-4,6-7,12H,5,8-11H2,1H3,(H,17,21). The average molecular weight is 284 g/mol. The number of carbonyl (C=O) groups excluding carboxylic acids is 1. The van der Waals surface area contributed by atoms with Crippen LogP contribution in [0.25, 0.3) is 0 Å². The number of aryl methyl sites for hydroxylation is 1. The second kappa shape index (κ2) is 5.68. The Bertz CT molecular complexity index is 616. The summed E-state index contributed by atoms with van der Waals surface area (Å²) in [6.45, 7) is 0.436. The van der Waals surface area contributed by atoms with Gasteiger partial charge >= 0.3 is 0 Å². The Morgan fingerprint density at radius 3 is 2.67 bits per heavy atom. The summed E-state index contributed by atoms with van der Waals surface area (Å²) in [7, 11) is 1.88. The van der Waals surface area contributed by atoms with E-state index < -0.39 is 0 Å². The number of carbonyl (C=O) groups is 1. The highest BCUT2D eigenvalue weighted by molar-refractivity contribution is 5.83. The van der Waals surface area contributed by atoms with E-state index in [9.17, 15) is 4.79 Å². The molecule has 1 fully saturated rings. The van der Waals surface area contributed by atoms with Crippen molar-refractivity contribution in [2.75, 3.05) is 0 Å². The largest absolute Gasteiger partial charge is 0.348 e. The van der Waals surface area contributed by atoms with Crippen LogP contribution in [-0.4, -0.2) is 20.7 Å². The van der Waals surface area contributed by atoms with Crippen LogP contribution in [0.3, 0.4) is 0 Å². The Hall–Kier alpha value is -2.17. The molecular formula is C16H20N4O. The molecule has 5 nitrogen and oxygen atoms in total. The lowest BCUT2D eigenvalue weighted by molar-refractivity contribution is -0.136. The molecule has 1 amide bonds. The molecular weight excluding hydrogens is 264 g/mol. The lowest BCUT2D eigenvalue weighted by Crippen LogP contribution is -2.47. The molecule has 21 heavy (non-hydrogen) atoms. The minimum atomic E-state index is -0.236. The molecule has 0 unspecified atom stereocenters. The van der Waals surface area contributed by atoms with Crippen LogP contribution >= 0.6 is 0 Å². The predicted octanol–water partition coefficient (Wildman–Crippen LogP) is 1.84. The summed E-state index contributed by atoms with van der Waals surface area (Å²) in [6, 6.07) is 10.2. The van der Waals surface area contributed by atoms with E-state index in [1.165, 1.54) is 5.56 Å². The van der Waals surface area contributed by atoms with Crippen molar-refractivity contribution in [1.82, 2.24) is 20.1 Å². The Labute approximate surface area is 124 Å². The number of nitrogens with one attached hydrogen (secondary N) is 1. The smallest absolute Gasteiger partial charge is 0.226 e. The number of hydrogen-bond donors (Lipinski definition) is 1. The van der Waals surface area contributed by atoms with Gasteiger partial charge in [0.25, 0.3) is 0 Å². The molecule has 5 heteroatoms. The SMILES string of the molecule is Cn1cnnc1CNC(=O)C1(Cc2ccccc2)CCC1. The minimum absolute atomic E-state index is 0.139. The number of hydrogen-bond acceptors (Lipinski definition) is 3. The van der Waals surface area contributed by atoms with E-state index in [-0.39, 0.29) is 11.3 Å². The maximum Gasteiger partial charge on any atom is 0.226 e. The van der Waals surface area contributed by atoms with Gasteiger partial charge in [0.15, 0.2) is 5.82 Å². The Morgan fingerprint density at radius 2 is 2.10 bits per heavy atom. The molecule has 1 aromatic carbocycles. The maximum atomic E-state index is 12.6. The Morgan fingerprint density at radius 1 is 1.33 bits per heavy atom. The highest BCUT2D eigenvalue weighted by atomic mass is 16.2. The van der Waals surface area contributed by atoms with Gasteiger partial charge in [-0.15, -0.1) is 10.2 Å². The third kappa shape index (κ3) is 2.82. The highest BCUT2D eigenvalue weighted by Crippen LogP contribution is 2.44. The summed E-state index contributed by atoms with van der Waals surface area (Å²) in [4.78, 5) is 12.6. The van der Waals surface area contributed by atoms with Crippen LogP contribution in [0.1, 0.15) is 30.7 Å². The maximum absolute atomic E-state index is 12.6. The molecule has 0 aliphatic heterocycles. The van der Waals surface area contributed by atoms with Crippen LogP contribution in [0.5, 0.6) is 0 Å². The summed E-state index contributed by atoms with van der Waals surface area (Å²) in [6.07, 6.45) is 5.52. The number of amides is 1. The molecule has 1 aliphatic carbocycles. The van der Waals surface area contributed by atoms with E-state index in [0.717, 1.165) is 31.5 Å².